The third kappa shape index (κ3) is 3.20. The minimum Gasteiger partial charge on any atom is -0.359 e. The molecule has 0 fully saturated rings. The Balaban J connectivity index is 2.36. The Bertz CT molecular complexity index is 359. The molecule has 0 spiro atoms. The van der Waals surface area contributed by atoms with Gasteiger partial charge in [0.2, 0.25) is 15.2 Å². The largest absolute Gasteiger partial charge is 0.359 e. The quantitative estimate of drug-likeness (QED) is 0.769. The molecular weight excluding hydrogens is 224 g/mol. The molecule has 0 saturated carbocycles. The topological polar surface area (TPSA) is 75.2 Å². The van der Waals surface area contributed by atoms with Crippen LogP contribution in [0.4, 0.5) is 5.13 Å². The predicted octanol–water partition coefficient (Wildman–Crippen LogP) is -0.159. The van der Waals surface area contributed by atoms with E-state index in [0.29, 0.717) is 11.7 Å². The Labute approximate surface area is 87.2 Å². The lowest BCUT2D eigenvalue weighted by molar-refractivity contribution is 0.521. The van der Waals surface area contributed by atoms with E-state index < -0.39 is 10.0 Å². The molecule has 1 aromatic rings. The van der Waals surface area contributed by atoms with Crippen LogP contribution in [-0.4, -0.2) is 48.5 Å². The summed E-state index contributed by atoms with van der Waals surface area (Å²) in [6.07, 6.45) is 1.42. The van der Waals surface area contributed by atoms with Crippen LogP contribution in [0.5, 0.6) is 0 Å². The minimum atomic E-state index is -3.12. The maximum absolute atomic E-state index is 11.3. The van der Waals surface area contributed by atoms with Crippen LogP contribution in [0.1, 0.15) is 0 Å². The first-order chi connectivity index (χ1) is 6.52. The van der Waals surface area contributed by atoms with E-state index in [1.54, 1.807) is 0 Å². The van der Waals surface area contributed by atoms with Gasteiger partial charge in [0, 0.05) is 32.2 Å². The zero-order chi connectivity index (χ0) is 10.6. The lowest BCUT2D eigenvalue weighted by Gasteiger charge is -2.10. The van der Waals surface area contributed by atoms with E-state index in [2.05, 4.69) is 14.7 Å². The predicted molar refractivity (Wildman–Crippen MR) is 55.9 cm³/mol. The van der Waals surface area contributed by atoms with Gasteiger partial charge in [-0.25, -0.2) is 17.7 Å². The molecule has 1 aromatic heterocycles. The highest BCUT2D eigenvalue weighted by atomic mass is 32.2. The first-order valence-electron chi connectivity index (χ1n) is 3.93. The van der Waals surface area contributed by atoms with Crippen LogP contribution < -0.4 is 5.32 Å². The molecule has 1 rings (SSSR count). The molecule has 0 aliphatic carbocycles. The summed E-state index contributed by atoms with van der Waals surface area (Å²) >= 11 is 1.20. The van der Waals surface area contributed by atoms with Crippen LogP contribution in [0, 0.1) is 0 Å². The van der Waals surface area contributed by atoms with Crippen molar-refractivity contribution in [2.24, 2.45) is 0 Å². The molecule has 0 aromatic carbocycles. The molecule has 0 radical (unpaired) electrons. The van der Waals surface area contributed by atoms with Crippen LogP contribution in [0.2, 0.25) is 0 Å². The van der Waals surface area contributed by atoms with Crippen molar-refractivity contribution in [1.29, 1.82) is 0 Å². The van der Waals surface area contributed by atoms with Crippen molar-refractivity contribution in [3.63, 3.8) is 0 Å². The van der Waals surface area contributed by atoms with E-state index in [-0.39, 0.29) is 5.75 Å². The van der Waals surface area contributed by atoms with E-state index in [0.717, 1.165) is 0 Å². The fraction of sp³-hybridized carbons (Fsp3) is 0.667. The van der Waals surface area contributed by atoms with Crippen molar-refractivity contribution in [3.8, 4) is 0 Å². The summed E-state index contributed by atoms with van der Waals surface area (Å²) in [4.78, 5) is 3.87. The number of rotatable bonds is 5. The van der Waals surface area contributed by atoms with Crippen molar-refractivity contribution < 1.29 is 8.42 Å². The fourth-order valence-corrected chi connectivity index (χ4v) is 1.90. The molecule has 0 bridgehead atoms. The average molecular weight is 236 g/mol. The highest BCUT2D eigenvalue weighted by molar-refractivity contribution is 7.89. The van der Waals surface area contributed by atoms with E-state index in [9.17, 15) is 8.42 Å². The van der Waals surface area contributed by atoms with E-state index in [1.165, 1.54) is 36.3 Å². The first kappa shape index (κ1) is 11.3. The maximum atomic E-state index is 11.3. The first-order valence-corrected chi connectivity index (χ1v) is 6.31. The molecule has 1 heterocycles. The molecule has 14 heavy (non-hydrogen) atoms. The summed E-state index contributed by atoms with van der Waals surface area (Å²) in [5.74, 6) is 0.0551. The molecule has 6 nitrogen and oxygen atoms in total. The van der Waals surface area contributed by atoms with Gasteiger partial charge in [-0.1, -0.05) is 0 Å². The second-order valence-electron chi connectivity index (χ2n) is 2.77. The SMILES string of the molecule is CN(C)S(=O)(=O)CCNc1ncns1. The van der Waals surface area contributed by atoms with Gasteiger partial charge < -0.3 is 5.32 Å². The van der Waals surface area contributed by atoms with Crippen molar-refractivity contribution in [1.82, 2.24) is 13.7 Å². The molecule has 0 atom stereocenters. The molecule has 0 aliphatic rings. The Hall–Kier alpha value is -0.730. The molecule has 8 heteroatoms. The lowest BCUT2D eigenvalue weighted by atomic mass is 10.7. The van der Waals surface area contributed by atoms with Crippen LogP contribution in [0.25, 0.3) is 0 Å². The second-order valence-corrected chi connectivity index (χ2v) is 5.85. The van der Waals surface area contributed by atoms with Gasteiger partial charge in [-0.3, -0.25) is 0 Å². The fourth-order valence-electron chi connectivity index (χ4n) is 0.721. The van der Waals surface area contributed by atoms with E-state index in [1.807, 2.05) is 0 Å². The molecule has 1 N–H and O–H groups in total. The van der Waals surface area contributed by atoms with Crippen LogP contribution in [0.15, 0.2) is 6.33 Å². The number of anilines is 1. The molecule has 0 saturated heterocycles. The summed E-state index contributed by atoms with van der Waals surface area (Å²) in [6.45, 7) is 0.343. The molecular formula is C6H12N4O2S2. The third-order valence-electron chi connectivity index (χ3n) is 1.55. The van der Waals surface area contributed by atoms with E-state index in [4.69, 9.17) is 0 Å². The third-order valence-corrected chi connectivity index (χ3v) is 4.01. The Morgan fingerprint density at radius 2 is 2.29 bits per heavy atom. The average Bonchev–Trinajstić information content (AvgIpc) is 2.56. The number of hydrogen-bond acceptors (Lipinski definition) is 6. The standard InChI is InChI=1S/C6H12N4O2S2/c1-10(2)14(11,12)4-3-7-6-8-5-9-13-6/h5H,3-4H2,1-2H3,(H,7,8,9). The van der Waals surface area contributed by atoms with Gasteiger partial charge in [-0.05, 0) is 0 Å². The summed E-state index contributed by atoms with van der Waals surface area (Å²) in [6, 6.07) is 0. The second kappa shape index (κ2) is 4.67. The molecule has 0 aliphatic heterocycles. The normalized spacial score (nSPS) is 11.9. The Kier molecular flexibility index (Phi) is 3.78. The van der Waals surface area contributed by atoms with Gasteiger partial charge in [-0.15, -0.1) is 0 Å². The highest BCUT2D eigenvalue weighted by Gasteiger charge is 2.12. The smallest absolute Gasteiger partial charge is 0.215 e. The zero-order valence-electron chi connectivity index (χ0n) is 7.97. The molecule has 80 valence electrons. The van der Waals surface area contributed by atoms with Gasteiger partial charge in [0.15, 0.2) is 0 Å². The zero-order valence-corrected chi connectivity index (χ0v) is 9.60. The number of sulfonamides is 1. The lowest BCUT2D eigenvalue weighted by Crippen LogP contribution is -2.28. The van der Waals surface area contributed by atoms with Crippen LogP contribution in [-0.2, 0) is 10.0 Å². The Morgan fingerprint density at radius 1 is 1.57 bits per heavy atom. The number of aromatic nitrogens is 2. The summed E-state index contributed by atoms with van der Waals surface area (Å²) < 4.78 is 27.6. The minimum absolute atomic E-state index is 0.0551. The van der Waals surface area contributed by atoms with Crippen LogP contribution >= 0.6 is 11.5 Å². The van der Waals surface area contributed by atoms with Crippen molar-refractivity contribution in [3.05, 3.63) is 6.33 Å². The highest BCUT2D eigenvalue weighted by Crippen LogP contribution is 2.05. The van der Waals surface area contributed by atoms with E-state index >= 15 is 0 Å². The number of hydrogen-bond donors (Lipinski definition) is 1. The molecule has 0 amide bonds. The molecule has 0 unspecified atom stereocenters. The summed E-state index contributed by atoms with van der Waals surface area (Å²) in [5, 5.41) is 3.51. The van der Waals surface area contributed by atoms with Gasteiger partial charge >= 0.3 is 0 Å². The summed E-state index contributed by atoms with van der Waals surface area (Å²) in [5.41, 5.74) is 0. The summed E-state index contributed by atoms with van der Waals surface area (Å²) in [7, 11) is -0.0958. The van der Waals surface area contributed by atoms with Gasteiger partial charge in [0.1, 0.15) is 6.33 Å². The van der Waals surface area contributed by atoms with Crippen LogP contribution in [0.3, 0.4) is 0 Å². The van der Waals surface area contributed by atoms with Crippen molar-refractivity contribution >= 4 is 26.7 Å². The Morgan fingerprint density at radius 3 is 2.79 bits per heavy atom. The van der Waals surface area contributed by atoms with Gasteiger partial charge in [0.25, 0.3) is 0 Å². The van der Waals surface area contributed by atoms with Gasteiger partial charge in [-0.2, -0.15) is 4.37 Å². The van der Waals surface area contributed by atoms with Crippen molar-refractivity contribution in [2.45, 2.75) is 0 Å². The maximum Gasteiger partial charge on any atom is 0.215 e. The number of nitrogens with one attached hydrogen (secondary N) is 1. The monoisotopic (exact) mass is 236 g/mol. The van der Waals surface area contributed by atoms with Gasteiger partial charge in [0.05, 0.1) is 5.75 Å². The number of nitrogens with zero attached hydrogens (tertiary/aromatic N) is 3. The van der Waals surface area contributed by atoms with Crippen molar-refractivity contribution in [2.75, 3.05) is 31.7 Å².